The van der Waals surface area contributed by atoms with Gasteiger partial charge < -0.3 is 10.1 Å². The van der Waals surface area contributed by atoms with Crippen LogP contribution < -0.4 is 5.32 Å². The zero-order valence-electron chi connectivity index (χ0n) is 11.4. The standard InChI is InChI=1S/C13H17FN2O3/c1-8(17)9-5-6-15-10(11(9)14)7-16-12(18)19-13(2,3)4/h5-6H,7H2,1-4H3,(H,16,18). The lowest BCUT2D eigenvalue weighted by molar-refractivity contribution is 0.0522. The monoisotopic (exact) mass is 268 g/mol. The molecule has 0 fully saturated rings. The lowest BCUT2D eigenvalue weighted by Gasteiger charge is -2.19. The first-order chi connectivity index (χ1) is 8.70. The molecule has 19 heavy (non-hydrogen) atoms. The summed E-state index contributed by atoms with van der Waals surface area (Å²) in [5, 5.41) is 2.39. The fraction of sp³-hybridized carbons (Fsp3) is 0.462. The number of nitrogens with one attached hydrogen (secondary N) is 1. The maximum absolute atomic E-state index is 13.8. The van der Waals surface area contributed by atoms with Gasteiger partial charge in [0.05, 0.1) is 17.8 Å². The van der Waals surface area contributed by atoms with Crippen molar-refractivity contribution in [2.75, 3.05) is 0 Å². The molecule has 6 heteroatoms. The van der Waals surface area contributed by atoms with E-state index in [0.29, 0.717) is 0 Å². The van der Waals surface area contributed by atoms with Crippen LogP contribution >= 0.6 is 0 Å². The predicted molar refractivity (Wildman–Crippen MR) is 67.3 cm³/mol. The highest BCUT2D eigenvalue weighted by Crippen LogP contribution is 2.11. The molecule has 0 aliphatic rings. The summed E-state index contributed by atoms with van der Waals surface area (Å²) in [4.78, 5) is 26.4. The van der Waals surface area contributed by atoms with Crippen LogP contribution in [0.5, 0.6) is 0 Å². The van der Waals surface area contributed by atoms with Gasteiger partial charge in [-0.1, -0.05) is 0 Å². The van der Waals surface area contributed by atoms with E-state index in [0.717, 1.165) is 0 Å². The lowest BCUT2D eigenvalue weighted by Crippen LogP contribution is -2.32. The van der Waals surface area contributed by atoms with Crippen molar-refractivity contribution in [2.24, 2.45) is 0 Å². The van der Waals surface area contributed by atoms with Gasteiger partial charge in [0.15, 0.2) is 11.6 Å². The van der Waals surface area contributed by atoms with Crippen molar-refractivity contribution < 1.29 is 18.7 Å². The van der Waals surface area contributed by atoms with E-state index in [-0.39, 0.29) is 17.8 Å². The van der Waals surface area contributed by atoms with E-state index in [2.05, 4.69) is 10.3 Å². The number of pyridine rings is 1. The van der Waals surface area contributed by atoms with E-state index in [1.807, 2.05) is 0 Å². The van der Waals surface area contributed by atoms with Gasteiger partial charge in [-0.3, -0.25) is 9.78 Å². The number of aromatic nitrogens is 1. The number of alkyl carbamates (subject to hydrolysis) is 1. The van der Waals surface area contributed by atoms with Gasteiger partial charge in [-0.25, -0.2) is 9.18 Å². The molecule has 0 unspecified atom stereocenters. The first kappa shape index (κ1) is 15.1. The average molecular weight is 268 g/mol. The van der Waals surface area contributed by atoms with E-state index in [9.17, 15) is 14.0 Å². The van der Waals surface area contributed by atoms with Crippen LogP contribution in [-0.2, 0) is 11.3 Å². The molecule has 0 radical (unpaired) electrons. The van der Waals surface area contributed by atoms with Crippen LogP contribution in [0.4, 0.5) is 9.18 Å². The lowest BCUT2D eigenvalue weighted by atomic mass is 10.1. The molecule has 0 saturated heterocycles. The Hall–Kier alpha value is -1.98. The minimum absolute atomic E-state index is 0.00133. The Labute approximate surface area is 111 Å². The molecule has 104 valence electrons. The number of nitrogens with zero attached hydrogens (tertiary/aromatic N) is 1. The third kappa shape index (κ3) is 4.65. The molecule has 0 atom stereocenters. The number of amides is 1. The molecule has 0 aliphatic heterocycles. The van der Waals surface area contributed by atoms with Gasteiger partial charge in [0.25, 0.3) is 0 Å². The normalized spacial score (nSPS) is 11.0. The number of ether oxygens (including phenoxy) is 1. The highest BCUT2D eigenvalue weighted by molar-refractivity contribution is 5.94. The van der Waals surface area contributed by atoms with E-state index < -0.39 is 23.3 Å². The molecular weight excluding hydrogens is 251 g/mol. The first-order valence-electron chi connectivity index (χ1n) is 5.82. The number of hydrogen-bond donors (Lipinski definition) is 1. The van der Waals surface area contributed by atoms with E-state index in [1.54, 1.807) is 20.8 Å². The molecule has 0 saturated carbocycles. The molecule has 1 heterocycles. The number of rotatable bonds is 3. The third-order valence-electron chi connectivity index (χ3n) is 2.14. The van der Waals surface area contributed by atoms with Crippen LogP contribution in [0.15, 0.2) is 12.3 Å². The zero-order valence-corrected chi connectivity index (χ0v) is 11.4. The molecule has 1 aromatic rings. The molecule has 1 N–H and O–H groups in total. The highest BCUT2D eigenvalue weighted by Gasteiger charge is 2.17. The van der Waals surface area contributed by atoms with Crippen LogP contribution in [0, 0.1) is 5.82 Å². The smallest absolute Gasteiger partial charge is 0.407 e. The van der Waals surface area contributed by atoms with Gasteiger partial charge >= 0.3 is 6.09 Å². The van der Waals surface area contributed by atoms with Crippen molar-refractivity contribution >= 4 is 11.9 Å². The topological polar surface area (TPSA) is 68.3 Å². The molecule has 0 aromatic carbocycles. The van der Waals surface area contributed by atoms with Gasteiger partial charge in [-0.05, 0) is 33.8 Å². The van der Waals surface area contributed by atoms with E-state index in [4.69, 9.17) is 4.74 Å². The molecule has 0 bridgehead atoms. The van der Waals surface area contributed by atoms with Crippen molar-refractivity contribution in [3.05, 3.63) is 29.3 Å². The minimum Gasteiger partial charge on any atom is -0.444 e. The van der Waals surface area contributed by atoms with Crippen LogP contribution in [-0.4, -0.2) is 22.5 Å². The summed E-state index contributed by atoms with van der Waals surface area (Å²) >= 11 is 0. The Balaban J connectivity index is 2.71. The number of ketones is 1. The summed E-state index contributed by atoms with van der Waals surface area (Å²) in [5.41, 5.74) is -0.674. The van der Waals surface area contributed by atoms with Crippen LogP contribution in [0.25, 0.3) is 0 Å². The molecule has 5 nitrogen and oxygen atoms in total. The molecular formula is C13H17FN2O3. The minimum atomic E-state index is -0.717. The second-order valence-electron chi connectivity index (χ2n) is 5.03. The van der Waals surface area contributed by atoms with Crippen molar-refractivity contribution in [2.45, 2.75) is 39.8 Å². The van der Waals surface area contributed by atoms with Gasteiger partial charge in [0.2, 0.25) is 0 Å². The number of carbonyl (C=O) groups excluding carboxylic acids is 2. The SMILES string of the molecule is CC(=O)c1ccnc(CNC(=O)OC(C)(C)C)c1F. The quantitative estimate of drug-likeness (QED) is 0.855. The van der Waals surface area contributed by atoms with Crippen molar-refractivity contribution in [3.8, 4) is 0 Å². The second-order valence-corrected chi connectivity index (χ2v) is 5.03. The van der Waals surface area contributed by atoms with Crippen molar-refractivity contribution in [1.82, 2.24) is 10.3 Å². The van der Waals surface area contributed by atoms with Crippen LogP contribution in [0.3, 0.4) is 0 Å². The largest absolute Gasteiger partial charge is 0.444 e. The Bertz CT molecular complexity index is 495. The fourth-order valence-corrected chi connectivity index (χ4v) is 1.35. The maximum Gasteiger partial charge on any atom is 0.407 e. The van der Waals surface area contributed by atoms with Crippen LogP contribution in [0.1, 0.15) is 43.7 Å². The molecule has 1 rings (SSSR count). The van der Waals surface area contributed by atoms with Gasteiger partial charge in [-0.2, -0.15) is 0 Å². The summed E-state index contributed by atoms with van der Waals surface area (Å²) in [5.74, 6) is -1.11. The Morgan fingerprint density at radius 2 is 2.05 bits per heavy atom. The van der Waals surface area contributed by atoms with Crippen LogP contribution in [0.2, 0.25) is 0 Å². The summed E-state index contributed by atoms with van der Waals surface area (Å²) in [7, 11) is 0. The van der Waals surface area contributed by atoms with Gasteiger partial charge in [0, 0.05) is 6.20 Å². The van der Waals surface area contributed by atoms with Crippen molar-refractivity contribution in [3.63, 3.8) is 0 Å². The number of halogens is 1. The number of carbonyl (C=O) groups is 2. The maximum atomic E-state index is 13.8. The fourth-order valence-electron chi connectivity index (χ4n) is 1.35. The summed E-state index contributed by atoms with van der Waals surface area (Å²) in [6.45, 7) is 6.30. The predicted octanol–water partition coefficient (Wildman–Crippen LogP) is 2.45. The molecule has 1 aromatic heterocycles. The number of hydrogen-bond acceptors (Lipinski definition) is 4. The third-order valence-corrected chi connectivity index (χ3v) is 2.14. The summed E-state index contributed by atoms with van der Waals surface area (Å²) in [6, 6.07) is 1.30. The molecule has 0 aliphatic carbocycles. The first-order valence-corrected chi connectivity index (χ1v) is 5.82. The molecule has 1 amide bonds. The number of Topliss-reactive ketones (excluding diaryl/α,β-unsaturated/α-hetero) is 1. The summed E-state index contributed by atoms with van der Waals surface area (Å²) < 4.78 is 18.8. The van der Waals surface area contributed by atoms with Crippen molar-refractivity contribution in [1.29, 1.82) is 0 Å². The van der Waals surface area contributed by atoms with E-state index in [1.165, 1.54) is 19.2 Å². The average Bonchev–Trinajstić information content (AvgIpc) is 2.24. The Morgan fingerprint density at radius 3 is 2.58 bits per heavy atom. The van der Waals surface area contributed by atoms with Gasteiger partial charge in [0.1, 0.15) is 5.60 Å². The molecule has 0 spiro atoms. The van der Waals surface area contributed by atoms with E-state index >= 15 is 0 Å². The summed E-state index contributed by atoms with van der Waals surface area (Å²) in [6.07, 6.45) is 0.660. The Morgan fingerprint density at radius 1 is 1.42 bits per heavy atom. The zero-order chi connectivity index (χ0) is 14.6. The Kier molecular flexibility index (Phi) is 4.58. The second kappa shape index (κ2) is 5.77. The van der Waals surface area contributed by atoms with Gasteiger partial charge in [-0.15, -0.1) is 0 Å². The highest BCUT2D eigenvalue weighted by atomic mass is 19.1.